The monoisotopic (exact) mass is 609 g/mol. The lowest BCUT2D eigenvalue weighted by atomic mass is 10.1. The molecule has 7 nitrogen and oxygen atoms in total. The van der Waals surface area contributed by atoms with Crippen molar-refractivity contribution in [2.24, 2.45) is 0 Å². The molecule has 0 bridgehead atoms. The SMILES string of the molecule is CC(C)(CCOC(C)(S)CC(=O)O)Oc1ccc(N2C(=O)C(Sc3ccccc3)=C(Sc3ccccc3)C2=O)cc1. The Morgan fingerprint density at radius 1 is 0.829 bits per heavy atom. The van der Waals surface area contributed by atoms with Gasteiger partial charge in [-0.05, 0) is 69.3 Å². The summed E-state index contributed by atoms with van der Waals surface area (Å²) in [6.45, 7) is 5.66. The number of nitrogens with zero attached hydrogens (tertiary/aromatic N) is 1. The third kappa shape index (κ3) is 8.42. The normalized spacial score (nSPS) is 15.3. The molecule has 0 fully saturated rings. The fourth-order valence-corrected chi connectivity index (χ4v) is 6.25. The number of ether oxygens (including phenoxy) is 2. The molecule has 0 saturated heterocycles. The molecule has 1 N–H and O–H groups in total. The number of hydrogen-bond donors (Lipinski definition) is 2. The Morgan fingerprint density at radius 2 is 1.32 bits per heavy atom. The van der Waals surface area contributed by atoms with Crippen molar-refractivity contribution < 1.29 is 29.0 Å². The first kappa shape index (κ1) is 30.8. The van der Waals surface area contributed by atoms with E-state index >= 15 is 0 Å². The minimum Gasteiger partial charge on any atom is -0.488 e. The first-order valence-electron chi connectivity index (χ1n) is 12.9. The molecule has 2 amide bonds. The van der Waals surface area contributed by atoms with Gasteiger partial charge in [0.1, 0.15) is 16.3 Å². The molecule has 214 valence electrons. The van der Waals surface area contributed by atoms with Gasteiger partial charge in [0.15, 0.2) is 0 Å². The predicted octanol–water partition coefficient (Wildman–Crippen LogP) is 7.04. The lowest BCUT2D eigenvalue weighted by Crippen LogP contribution is -2.33. The summed E-state index contributed by atoms with van der Waals surface area (Å²) in [4.78, 5) is 40.9. The molecule has 0 spiro atoms. The Labute approximate surface area is 253 Å². The molecule has 3 aromatic carbocycles. The molecule has 3 aromatic rings. The van der Waals surface area contributed by atoms with Crippen LogP contribution in [0.4, 0.5) is 5.69 Å². The van der Waals surface area contributed by atoms with Gasteiger partial charge in [0.25, 0.3) is 11.8 Å². The van der Waals surface area contributed by atoms with Crippen LogP contribution in [-0.4, -0.2) is 40.0 Å². The predicted molar refractivity (Wildman–Crippen MR) is 165 cm³/mol. The standard InChI is InChI=1S/C31H31NO6S3/c1-30(2,18-19-37-31(3,39)20-25(33)34)38-22-16-14-21(15-17-22)32-28(35)26(40-23-10-6-4-7-11-23)27(29(32)36)41-24-12-8-5-9-13-24/h4-17,39H,18-20H2,1-3H3,(H,33,34). The number of amides is 2. The zero-order chi connectivity index (χ0) is 29.6. The molecule has 0 aromatic heterocycles. The molecule has 0 saturated carbocycles. The van der Waals surface area contributed by atoms with Gasteiger partial charge in [-0.3, -0.25) is 14.4 Å². The second kappa shape index (κ2) is 13.2. The second-order valence-corrected chi connectivity index (χ2v) is 13.2. The van der Waals surface area contributed by atoms with E-state index in [1.165, 1.54) is 28.4 Å². The van der Waals surface area contributed by atoms with Gasteiger partial charge in [-0.1, -0.05) is 59.9 Å². The lowest BCUT2D eigenvalue weighted by molar-refractivity contribution is -0.141. The second-order valence-electron chi connectivity index (χ2n) is 10.1. The van der Waals surface area contributed by atoms with Crippen LogP contribution >= 0.6 is 36.2 Å². The van der Waals surface area contributed by atoms with Gasteiger partial charge < -0.3 is 14.6 Å². The van der Waals surface area contributed by atoms with Crippen molar-refractivity contribution in [3.63, 3.8) is 0 Å². The van der Waals surface area contributed by atoms with Gasteiger partial charge in [0, 0.05) is 16.2 Å². The van der Waals surface area contributed by atoms with Gasteiger partial charge >= 0.3 is 5.97 Å². The number of hydrogen-bond acceptors (Lipinski definition) is 8. The number of carboxylic acid groups (broad SMARTS) is 1. The van der Waals surface area contributed by atoms with E-state index in [9.17, 15) is 14.4 Å². The maximum Gasteiger partial charge on any atom is 0.307 e. The number of rotatable bonds is 13. The average molecular weight is 610 g/mol. The number of carbonyl (C=O) groups is 3. The van der Waals surface area contributed by atoms with Gasteiger partial charge in [0.05, 0.1) is 28.5 Å². The van der Waals surface area contributed by atoms with Gasteiger partial charge in [0.2, 0.25) is 0 Å². The van der Waals surface area contributed by atoms with Crippen LogP contribution in [0.5, 0.6) is 5.75 Å². The summed E-state index contributed by atoms with van der Waals surface area (Å²) in [5.41, 5.74) is -0.183. The third-order valence-corrected chi connectivity index (χ3v) is 8.61. The summed E-state index contributed by atoms with van der Waals surface area (Å²) in [7, 11) is 0. The average Bonchev–Trinajstić information content (AvgIpc) is 3.13. The van der Waals surface area contributed by atoms with E-state index < -0.39 is 16.5 Å². The molecule has 0 aliphatic carbocycles. The Balaban J connectivity index is 1.47. The van der Waals surface area contributed by atoms with Crippen molar-refractivity contribution >= 4 is 59.6 Å². The number of thiol groups is 1. The molecular weight excluding hydrogens is 579 g/mol. The maximum absolute atomic E-state index is 13.6. The van der Waals surface area contributed by atoms with Crippen LogP contribution in [0.25, 0.3) is 0 Å². The highest BCUT2D eigenvalue weighted by atomic mass is 32.2. The number of imide groups is 1. The largest absolute Gasteiger partial charge is 0.488 e. The lowest BCUT2D eigenvalue weighted by Gasteiger charge is -2.29. The molecule has 41 heavy (non-hydrogen) atoms. The zero-order valence-electron chi connectivity index (χ0n) is 22.9. The minimum atomic E-state index is -1.08. The van der Waals surface area contributed by atoms with Crippen LogP contribution < -0.4 is 9.64 Å². The summed E-state index contributed by atoms with van der Waals surface area (Å²) in [5, 5.41) is 8.99. The van der Waals surface area contributed by atoms with E-state index in [0.717, 1.165) is 9.79 Å². The van der Waals surface area contributed by atoms with Crippen molar-refractivity contribution in [3.05, 3.63) is 94.7 Å². The highest BCUT2D eigenvalue weighted by molar-refractivity contribution is 8.08. The Hall–Kier alpha value is -3.18. The fourth-order valence-electron chi connectivity index (χ4n) is 4.00. The highest BCUT2D eigenvalue weighted by Crippen LogP contribution is 2.44. The van der Waals surface area contributed by atoms with Crippen molar-refractivity contribution in [2.75, 3.05) is 11.5 Å². The summed E-state index contributed by atoms with van der Waals surface area (Å²) >= 11 is 6.85. The third-order valence-electron chi connectivity index (χ3n) is 6.01. The number of aliphatic carboxylic acids is 1. The van der Waals surface area contributed by atoms with Crippen molar-refractivity contribution in [2.45, 2.75) is 53.9 Å². The van der Waals surface area contributed by atoms with Crippen molar-refractivity contribution in [3.8, 4) is 5.75 Å². The van der Waals surface area contributed by atoms with E-state index in [1.54, 1.807) is 31.2 Å². The highest BCUT2D eigenvalue weighted by Gasteiger charge is 2.40. The van der Waals surface area contributed by atoms with Gasteiger partial charge in [-0.15, -0.1) is 12.6 Å². The topological polar surface area (TPSA) is 93.1 Å². The summed E-state index contributed by atoms with van der Waals surface area (Å²) in [5.74, 6) is -1.17. The molecule has 1 atom stereocenters. The van der Waals surface area contributed by atoms with Crippen LogP contribution in [0.3, 0.4) is 0 Å². The summed E-state index contributed by atoms with van der Waals surface area (Å²) in [6, 6.07) is 25.8. The molecule has 0 radical (unpaired) electrons. The molecule has 1 aliphatic heterocycles. The number of thioether (sulfide) groups is 2. The van der Waals surface area contributed by atoms with E-state index in [1.807, 2.05) is 74.5 Å². The number of benzene rings is 3. The smallest absolute Gasteiger partial charge is 0.307 e. The molecular formula is C31H31NO6S3. The van der Waals surface area contributed by atoms with Crippen molar-refractivity contribution in [1.29, 1.82) is 0 Å². The van der Waals surface area contributed by atoms with Gasteiger partial charge in [-0.2, -0.15) is 0 Å². The summed E-state index contributed by atoms with van der Waals surface area (Å²) < 4.78 is 11.8. The van der Waals surface area contributed by atoms with E-state index in [0.29, 0.717) is 27.7 Å². The van der Waals surface area contributed by atoms with E-state index in [2.05, 4.69) is 12.6 Å². The molecule has 10 heteroatoms. The van der Waals surface area contributed by atoms with Crippen LogP contribution in [0, 0.1) is 0 Å². The zero-order valence-corrected chi connectivity index (χ0v) is 25.4. The van der Waals surface area contributed by atoms with E-state index in [-0.39, 0.29) is 24.8 Å². The summed E-state index contributed by atoms with van der Waals surface area (Å²) in [6.07, 6.45) is 0.260. The van der Waals surface area contributed by atoms with Crippen LogP contribution in [0.15, 0.2) is 105 Å². The van der Waals surface area contributed by atoms with Crippen LogP contribution in [0.2, 0.25) is 0 Å². The number of carboxylic acids is 1. The maximum atomic E-state index is 13.6. The van der Waals surface area contributed by atoms with Crippen LogP contribution in [-0.2, 0) is 19.1 Å². The first-order valence-corrected chi connectivity index (χ1v) is 15.0. The first-order chi connectivity index (χ1) is 19.4. The Bertz CT molecular complexity index is 1360. The van der Waals surface area contributed by atoms with Crippen LogP contribution in [0.1, 0.15) is 33.6 Å². The Morgan fingerprint density at radius 3 is 1.78 bits per heavy atom. The van der Waals surface area contributed by atoms with Gasteiger partial charge in [-0.25, -0.2) is 4.90 Å². The van der Waals surface area contributed by atoms with Crippen molar-refractivity contribution in [1.82, 2.24) is 0 Å². The Kier molecular flexibility index (Phi) is 9.91. The molecule has 4 rings (SSSR count). The molecule has 1 heterocycles. The molecule has 1 aliphatic rings. The quantitative estimate of drug-likeness (QED) is 0.121. The minimum absolute atomic E-state index is 0.223. The van der Waals surface area contributed by atoms with E-state index in [4.69, 9.17) is 14.6 Å². The number of anilines is 1. The fraction of sp³-hybridized carbons (Fsp3) is 0.258. The number of carbonyl (C=O) groups excluding carboxylic acids is 2. The molecule has 1 unspecified atom stereocenters.